The maximum absolute atomic E-state index is 13.1. The summed E-state index contributed by atoms with van der Waals surface area (Å²) in [5.74, 6) is -0.0563. The Morgan fingerprint density at radius 1 is 1.14 bits per heavy atom. The van der Waals surface area contributed by atoms with Gasteiger partial charge in [-0.05, 0) is 30.9 Å². The summed E-state index contributed by atoms with van der Waals surface area (Å²) in [5.41, 5.74) is 3.35. The lowest BCUT2D eigenvalue weighted by Crippen LogP contribution is -2.43. The predicted octanol–water partition coefficient (Wildman–Crippen LogP) is 3.44. The molecule has 6 heteroatoms. The van der Waals surface area contributed by atoms with E-state index in [0.29, 0.717) is 12.1 Å². The lowest BCUT2D eigenvalue weighted by Gasteiger charge is -2.34. The lowest BCUT2D eigenvalue weighted by atomic mass is 9.93. The molecule has 1 amide bonds. The second-order valence-corrected chi connectivity index (χ2v) is 7.75. The number of aliphatic hydroxyl groups is 1. The summed E-state index contributed by atoms with van der Waals surface area (Å²) >= 11 is 0. The van der Waals surface area contributed by atoms with Crippen molar-refractivity contribution in [2.24, 2.45) is 0 Å². The van der Waals surface area contributed by atoms with Gasteiger partial charge in [0.1, 0.15) is 5.52 Å². The third-order valence-corrected chi connectivity index (χ3v) is 5.80. The molecule has 1 saturated carbocycles. The average Bonchev–Trinajstić information content (AvgIpc) is 3.19. The molecule has 1 aliphatic rings. The molecule has 0 radical (unpaired) electrons. The summed E-state index contributed by atoms with van der Waals surface area (Å²) in [6, 6.07) is 12.4. The quantitative estimate of drug-likeness (QED) is 0.669. The number of hydrogen-bond donors (Lipinski definition) is 1. The van der Waals surface area contributed by atoms with Crippen LogP contribution in [0.25, 0.3) is 11.2 Å². The van der Waals surface area contributed by atoms with Gasteiger partial charge in [0.05, 0.1) is 18.5 Å². The van der Waals surface area contributed by atoms with Gasteiger partial charge < -0.3 is 14.6 Å². The number of aryl methyl sites for hydroxylation is 2. The predicted molar refractivity (Wildman–Crippen MR) is 113 cm³/mol. The van der Waals surface area contributed by atoms with E-state index in [0.717, 1.165) is 49.8 Å². The third kappa shape index (κ3) is 4.48. The number of carbonyl (C=O) groups excluding carboxylic acids is 1. The molecule has 0 aliphatic heterocycles. The first kappa shape index (κ1) is 19.6. The molecule has 6 nitrogen and oxygen atoms in total. The van der Waals surface area contributed by atoms with Crippen molar-refractivity contribution in [1.29, 1.82) is 0 Å². The number of imidazole rings is 1. The maximum Gasteiger partial charge on any atom is 0.255 e. The molecular formula is C23H28N4O2. The van der Waals surface area contributed by atoms with Crippen LogP contribution in [0, 0.1) is 0 Å². The molecule has 0 unspecified atom stereocenters. The molecule has 4 rings (SSSR count). The van der Waals surface area contributed by atoms with Crippen LogP contribution in [0.5, 0.6) is 0 Å². The van der Waals surface area contributed by atoms with E-state index < -0.39 is 0 Å². The van der Waals surface area contributed by atoms with Crippen LogP contribution in [0.2, 0.25) is 0 Å². The van der Waals surface area contributed by atoms with Crippen molar-refractivity contribution < 1.29 is 9.90 Å². The first-order valence-corrected chi connectivity index (χ1v) is 10.5. The van der Waals surface area contributed by atoms with Gasteiger partial charge in [-0.15, -0.1) is 0 Å². The Bertz CT molecular complexity index is 948. The van der Waals surface area contributed by atoms with E-state index >= 15 is 0 Å². The molecule has 1 fully saturated rings. The van der Waals surface area contributed by atoms with Crippen LogP contribution in [0.3, 0.4) is 0 Å². The minimum absolute atomic E-state index is 0.0218. The summed E-state index contributed by atoms with van der Waals surface area (Å²) in [6.07, 6.45) is 9.88. The van der Waals surface area contributed by atoms with Gasteiger partial charge in [0.15, 0.2) is 5.65 Å². The van der Waals surface area contributed by atoms with E-state index in [1.54, 1.807) is 12.5 Å². The number of hydrogen-bond acceptors (Lipinski definition) is 4. The molecule has 1 N–H and O–H groups in total. The van der Waals surface area contributed by atoms with E-state index in [-0.39, 0.29) is 18.6 Å². The zero-order valence-corrected chi connectivity index (χ0v) is 16.7. The number of amides is 1. The van der Waals surface area contributed by atoms with Gasteiger partial charge in [-0.1, -0.05) is 49.6 Å². The number of benzene rings is 1. The Hall–Kier alpha value is -2.73. The Morgan fingerprint density at radius 3 is 2.69 bits per heavy atom. The SMILES string of the molecule is O=C(c1cnc2c(c1)ncn2CCc1ccccc1)N(CCO)C1CCCCC1. The van der Waals surface area contributed by atoms with Gasteiger partial charge in [0.2, 0.25) is 0 Å². The van der Waals surface area contributed by atoms with Crippen molar-refractivity contribution in [3.63, 3.8) is 0 Å². The molecule has 2 aromatic heterocycles. The molecule has 1 aliphatic carbocycles. The highest BCUT2D eigenvalue weighted by molar-refractivity contribution is 5.96. The van der Waals surface area contributed by atoms with Gasteiger partial charge in [-0.2, -0.15) is 0 Å². The smallest absolute Gasteiger partial charge is 0.255 e. The fraction of sp³-hybridized carbons (Fsp3) is 0.435. The maximum atomic E-state index is 13.1. The average molecular weight is 393 g/mol. The number of nitrogens with zero attached hydrogens (tertiary/aromatic N) is 4. The van der Waals surface area contributed by atoms with Crippen LogP contribution in [-0.4, -0.2) is 49.6 Å². The van der Waals surface area contributed by atoms with E-state index in [2.05, 4.69) is 22.1 Å². The summed E-state index contributed by atoms with van der Waals surface area (Å²) < 4.78 is 2.03. The highest BCUT2D eigenvalue weighted by atomic mass is 16.3. The fourth-order valence-corrected chi connectivity index (χ4v) is 4.24. The number of carbonyl (C=O) groups is 1. The van der Waals surface area contributed by atoms with Crippen LogP contribution in [-0.2, 0) is 13.0 Å². The van der Waals surface area contributed by atoms with Crippen LogP contribution in [0.15, 0.2) is 48.9 Å². The van der Waals surface area contributed by atoms with Crippen LogP contribution in [0.1, 0.15) is 48.0 Å². The van der Waals surface area contributed by atoms with Crippen molar-refractivity contribution in [2.75, 3.05) is 13.2 Å². The van der Waals surface area contributed by atoms with E-state index in [9.17, 15) is 9.90 Å². The van der Waals surface area contributed by atoms with Crippen molar-refractivity contribution in [3.8, 4) is 0 Å². The van der Waals surface area contributed by atoms with E-state index in [1.807, 2.05) is 33.7 Å². The Labute approximate surface area is 171 Å². The summed E-state index contributed by atoms with van der Waals surface area (Å²) in [6.45, 7) is 1.14. The summed E-state index contributed by atoms with van der Waals surface area (Å²) in [5, 5.41) is 9.47. The van der Waals surface area contributed by atoms with Crippen LogP contribution < -0.4 is 0 Å². The van der Waals surface area contributed by atoms with Gasteiger partial charge in [0.25, 0.3) is 5.91 Å². The van der Waals surface area contributed by atoms with Crippen LogP contribution >= 0.6 is 0 Å². The second kappa shape index (κ2) is 9.18. The number of aromatic nitrogens is 3. The third-order valence-electron chi connectivity index (χ3n) is 5.80. The number of rotatable bonds is 7. The first-order chi connectivity index (χ1) is 14.3. The Kier molecular flexibility index (Phi) is 6.20. The Balaban J connectivity index is 1.51. The van der Waals surface area contributed by atoms with E-state index in [4.69, 9.17) is 0 Å². The van der Waals surface area contributed by atoms with Gasteiger partial charge in [-0.3, -0.25) is 4.79 Å². The number of pyridine rings is 1. The van der Waals surface area contributed by atoms with Gasteiger partial charge in [0, 0.05) is 25.3 Å². The summed E-state index contributed by atoms with van der Waals surface area (Å²) in [7, 11) is 0. The molecule has 0 atom stereocenters. The summed E-state index contributed by atoms with van der Waals surface area (Å²) in [4.78, 5) is 24.0. The minimum atomic E-state index is -0.0563. The topological polar surface area (TPSA) is 71.2 Å². The standard InChI is InChI=1S/C23H28N4O2/c28-14-13-27(20-9-5-2-6-10-20)23(29)19-15-21-22(24-16-19)26(17-25-21)12-11-18-7-3-1-4-8-18/h1,3-4,7-8,15-17,20,28H,2,5-6,9-14H2. The Morgan fingerprint density at radius 2 is 1.93 bits per heavy atom. The van der Waals surface area contributed by atoms with Gasteiger partial charge >= 0.3 is 0 Å². The zero-order valence-electron chi connectivity index (χ0n) is 16.7. The normalized spacial score (nSPS) is 14.9. The highest BCUT2D eigenvalue weighted by Gasteiger charge is 2.26. The zero-order chi connectivity index (χ0) is 20.1. The molecule has 1 aromatic carbocycles. The molecule has 0 spiro atoms. The van der Waals surface area contributed by atoms with Gasteiger partial charge in [-0.25, -0.2) is 9.97 Å². The van der Waals surface area contributed by atoms with Crippen molar-refractivity contribution in [3.05, 3.63) is 60.0 Å². The monoisotopic (exact) mass is 392 g/mol. The molecule has 0 bridgehead atoms. The fourth-order valence-electron chi connectivity index (χ4n) is 4.24. The number of aliphatic hydroxyl groups excluding tert-OH is 1. The molecule has 152 valence electrons. The van der Waals surface area contributed by atoms with Crippen LogP contribution in [0.4, 0.5) is 0 Å². The molecular weight excluding hydrogens is 364 g/mol. The van der Waals surface area contributed by atoms with E-state index in [1.165, 1.54) is 12.0 Å². The van der Waals surface area contributed by atoms with Crippen molar-refractivity contribution in [1.82, 2.24) is 19.4 Å². The first-order valence-electron chi connectivity index (χ1n) is 10.5. The second-order valence-electron chi connectivity index (χ2n) is 7.75. The lowest BCUT2D eigenvalue weighted by molar-refractivity contribution is 0.0585. The molecule has 2 heterocycles. The molecule has 3 aromatic rings. The highest BCUT2D eigenvalue weighted by Crippen LogP contribution is 2.24. The minimum Gasteiger partial charge on any atom is -0.395 e. The molecule has 0 saturated heterocycles. The largest absolute Gasteiger partial charge is 0.395 e. The van der Waals surface area contributed by atoms with Crippen molar-refractivity contribution in [2.45, 2.75) is 51.1 Å². The molecule has 29 heavy (non-hydrogen) atoms. The van der Waals surface area contributed by atoms with Crippen molar-refractivity contribution >= 4 is 17.1 Å². The number of fused-ring (bicyclic) bond motifs is 1.